The second kappa shape index (κ2) is 5.40. The summed E-state index contributed by atoms with van der Waals surface area (Å²) in [6, 6.07) is 6.92. The van der Waals surface area contributed by atoms with E-state index in [4.69, 9.17) is 5.73 Å². The Morgan fingerprint density at radius 1 is 1.50 bits per heavy atom. The van der Waals surface area contributed by atoms with Gasteiger partial charge in [-0.15, -0.1) is 0 Å². The minimum atomic E-state index is 0.0851. The van der Waals surface area contributed by atoms with Crippen LogP contribution in [0.2, 0.25) is 0 Å². The number of nitrogens with zero attached hydrogens (tertiary/aromatic N) is 1. The fraction of sp³-hybridized carbons (Fsp3) is 0.500. The van der Waals surface area contributed by atoms with Crippen molar-refractivity contribution in [1.82, 2.24) is 4.90 Å². The van der Waals surface area contributed by atoms with E-state index in [9.17, 15) is 9.90 Å². The van der Waals surface area contributed by atoms with E-state index in [1.54, 1.807) is 18.2 Å². The Morgan fingerprint density at radius 2 is 2.28 bits per heavy atom. The first kappa shape index (κ1) is 12.9. The highest BCUT2D eigenvalue weighted by Gasteiger charge is 2.25. The summed E-state index contributed by atoms with van der Waals surface area (Å²) < 4.78 is 0. The van der Waals surface area contributed by atoms with Crippen LogP contribution in [0.15, 0.2) is 24.3 Å². The van der Waals surface area contributed by atoms with Crippen molar-refractivity contribution >= 4 is 5.91 Å². The molecule has 98 valence electrons. The zero-order chi connectivity index (χ0) is 13.1. The quantitative estimate of drug-likeness (QED) is 0.824. The molecule has 1 saturated heterocycles. The molecule has 2 atom stereocenters. The van der Waals surface area contributed by atoms with Crippen LogP contribution in [0.5, 0.6) is 5.75 Å². The molecular weight excluding hydrogens is 228 g/mol. The number of aromatic hydroxyl groups is 1. The first-order chi connectivity index (χ1) is 8.54. The van der Waals surface area contributed by atoms with Crippen molar-refractivity contribution in [3.63, 3.8) is 0 Å². The van der Waals surface area contributed by atoms with E-state index in [0.29, 0.717) is 18.9 Å². The lowest BCUT2D eigenvalue weighted by molar-refractivity contribution is -0.132. The molecule has 4 heteroatoms. The molecule has 0 aromatic heterocycles. The number of hydrogen-bond acceptors (Lipinski definition) is 3. The Bertz CT molecular complexity index is 424. The van der Waals surface area contributed by atoms with Crippen molar-refractivity contribution in [3.8, 4) is 5.75 Å². The first-order valence-corrected chi connectivity index (χ1v) is 6.36. The molecule has 2 rings (SSSR count). The number of likely N-dealkylation sites (tertiary alicyclic amines) is 1. The number of carbonyl (C=O) groups is 1. The number of benzene rings is 1. The first-order valence-electron chi connectivity index (χ1n) is 6.36. The van der Waals surface area contributed by atoms with Gasteiger partial charge in [0.15, 0.2) is 0 Å². The van der Waals surface area contributed by atoms with Crippen LogP contribution in [0.25, 0.3) is 0 Å². The molecule has 0 aliphatic carbocycles. The van der Waals surface area contributed by atoms with Crippen molar-refractivity contribution in [3.05, 3.63) is 29.8 Å². The summed E-state index contributed by atoms with van der Waals surface area (Å²) in [6.07, 6.45) is 1.31. The molecule has 1 aliphatic rings. The SMILES string of the molecule is CC1CC(N)CN(C(=O)Cc2cccc(O)c2)C1. The minimum absolute atomic E-state index is 0.0851. The van der Waals surface area contributed by atoms with Gasteiger partial charge in [0, 0.05) is 19.1 Å². The highest BCUT2D eigenvalue weighted by atomic mass is 16.3. The number of piperidine rings is 1. The lowest BCUT2D eigenvalue weighted by Gasteiger charge is -2.34. The van der Waals surface area contributed by atoms with Gasteiger partial charge >= 0.3 is 0 Å². The van der Waals surface area contributed by atoms with Gasteiger partial charge in [0.1, 0.15) is 5.75 Å². The Morgan fingerprint density at radius 3 is 2.94 bits per heavy atom. The third kappa shape index (κ3) is 3.23. The molecule has 3 N–H and O–H groups in total. The highest BCUT2D eigenvalue weighted by molar-refractivity contribution is 5.79. The maximum Gasteiger partial charge on any atom is 0.227 e. The van der Waals surface area contributed by atoms with Gasteiger partial charge in [0.05, 0.1) is 6.42 Å². The number of nitrogens with two attached hydrogens (primary N) is 1. The second-order valence-corrected chi connectivity index (χ2v) is 5.25. The molecule has 4 nitrogen and oxygen atoms in total. The molecular formula is C14H20N2O2. The van der Waals surface area contributed by atoms with Gasteiger partial charge in [-0.2, -0.15) is 0 Å². The van der Waals surface area contributed by atoms with Crippen molar-refractivity contribution < 1.29 is 9.90 Å². The summed E-state index contributed by atoms with van der Waals surface area (Å²) in [5.41, 5.74) is 6.78. The van der Waals surface area contributed by atoms with Crippen LogP contribution in [0.4, 0.5) is 0 Å². The lowest BCUT2D eigenvalue weighted by atomic mass is 9.96. The van der Waals surface area contributed by atoms with Gasteiger partial charge < -0.3 is 15.7 Å². The molecule has 0 spiro atoms. The van der Waals surface area contributed by atoms with Gasteiger partial charge in [-0.1, -0.05) is 19.1 Å². The van der Waals surface area contributed by atoms with Crippen molar-refractivity contribution in [2.24, 2.45) is 11.7 Å². The molecule has 1 amide bonds. The summed E-state index contributed by atoms with van der Waals surface area (Å²) >= 11 is 0. The topological polar surface area (TPSA) is 66.6 Å². The third-order valence-electron chi connectivity index (χ3n) is 3.31. The van der Waals surface area contributed by atoms with E-state index in [2.05, 4.69) is 6.92 Å². The number of carbonyl (C=O) groups excluding carboxylic acids is 1. The van der Waals surface area contributed by atoms with Crippen LogP contribution in [-0.4, -0.2) is 35.0 Å². The fourth-order valence-electron chi connectivity index (χ4n) is 2.56. The van der Waals surface area contributed by atoms with E-state index in [1.807, 2.05) is 11.0 Å². The molecule has 1 aliphatic heterocycles. The Hall–Kier alpha value is -1.55. The summed E-state index contributed by atoms with van der Waals surface area (Å²) in [7, 11) is 0. The summed E-state index contributed by atoms with van der Waals surface area (Å²) in [5, 5.41) is 9.38. The van der Waals surface area contributed by atoms with Gasteiger partial charge in [0.25, 0.3) is 0 Å². The van der Waals surface area contributed by atoms with E-state index in [0.717, 1.165) is 18.5 Å². The summed E-state index contributed by atoms with van der Waals surface area (Å²) in [5.74, 6) is 0.744. The maximum atomic E-state index is 12.2. The Labute approximate surface area is 107 Å². The molecule has 18 heavy (non-hydrogen) atoms. The second-order valence-electron chi connectivity index (χ2n) is 5.25. The number of amides is 1. The standard InChI is InChI=1S/C14H20N2O2/c1-10-5-12(15)9-16(8-10)14(18)7-11-3-2-4-13(17)6-11/h2-4,6,10,12,17H,5,7-9,15H2,1H3. The minimum Gasteiger partial charge on any atom is -0.508 e. The number of rotatable bonds is 2. The molecule has 1 fully saturated rings. The van der Waals surface area contributed by atoms with Crippen LogP contribution in [0.3, 0.4) is 0 Å². The van der Waals surface area contributed by atoms with E-state index >= 15 is 0 Å². The molecule has 0 radical (unpaired) electrons. The maximum absolute atomic E-state index is 12.2. The lowest BCUT2D eigenvalue weighted by Crippen LogP contribution is -2.49. The predicted octanol–water partition coefficient (Wildman–Crippen LogP) is 1.13. The van der Waals surface area contributed by atoms with Crippen LogP contribution in [0.1, 0.15) is 18.9 Å². The van der Waals surface area contributed by atoms with E-state index < -0.39 is 0 Å². The van der Waals surface area contributed by atoms with Crippen molar-refractivity contribution in [2.75, 3.05) is 13.1 Å². The summed E-state index contributed by atoms with van der Waals surface area (Å²) in [6.45, 7) is 3.54. The van der Waals surface area contributed by atoms with Gasteiger partial charge in [-0.3, -0.25) is 4.79 Å². The zero-order valence-electron chi connectivity index (χ0n) is 10.7. The van der Waals surface area contributed by atoms with Gasteiger partial charge in [0.2, 0.25) is 5.91 Å². The molecule has 1 heterocycles. The van der Waals surface area contributed by atoms with Crippen LogP contribution in [0, 0.1) is 5.92 Å². The van der Waals surface area contributed by atoms with Crippen LogP contribution in [-0.2, 0) is 11.2 Å². The largest absolute Gasteiger partial charge is 0.508 e. The molecule has 1 aromatic carbocycles. The third-order valence-corrected chi connectivity index (χ3v) is 3.31. The number of phenolic OH excluding ortho intramolecular Hbond substituents is 1. The predicted molar refractivity (Wildman–Crippen MR) is 70.1 cm³/mol. The van der Waals surface area contributed by atoms with Crippen molar-refractivity contribution in [1.29, 1.82) is 0 Å². The van der Waals surface area contributed by atoms with Crippen molar-refractivity contribution in [2.45, 2.75) is 25.8 Å². The highest BCUT2D eigenvalue weighted by Crippen LogP contribution is 2.17. The zero-order valence-corrected chi connectivity index (χ0v) is 10.7. The molecule has 2 unspecified atom stereocenters. The van der Waals surface area contributed by atoms with E-state index in [-0.39, 0.29) is 17.7 Å². The normalized spacial score (nSPS) is 24.0. The fourth-order valence-corrected chi connectivity index (χ4v) is 2.56. The smallest absolute Gasteiger partial charge is 0.227 e. The average Bonchev–Trinajstić information content (AvgIpc) is 2.27. The van der Waals surface area contributed by atoms with Crippen LogP contribution >= 0.6 is 0 Å². The number of hydrogen-bond donors (Lipinski definition) is 2. The van der Waals surface area contributed by atoms with Gasteiger partial charge in [-0.05, 0) is 30.0 Å². The number of phenols is 1. The molecule has 0 bridgehead atoms. The van der Waals surface area contributed by atoms with E-state index in [1.165, 1.54) is 0 Å². The molecule has 1 aromatic rings. The Kier molecular flexibility index (Phi) is 3.87. The Balaban J connectivity index is 1.99. The van der Waals surface area contributed by atoms with Crippen LogP contribution < -0.4 is 5.73 Å². The monoisotopic (exact) mass is 248 g/mol. The summed E-state index contributed by atoms with van der Waals surface area (Å²) in [4.78, 5) is 14.0. The average molecular weight is 248 g/mol. The van der Waals surface area contributed by atoms with Gasteiger partial charge in [-0.25, -0.2) is 0 Å². The molecule has 0 saturated carbocycles.